The Morgan fingerprint density at radius 1 is 1.29 bits per heavy atom. The standard InChI is InChI=1S/C14H15BrN2O4/c1-4-17-13(18)10(16-14(17)19)6-8-5-9(15)12(21-3)11(7-8)20-2/h5-7H,4H2,1-3H3,(H,16,19)/b10-6-. The Bertz CT molecular complexity index is 628. The number of ether oxygens (including phenoxy) is 2. The first-order valence-electron chi connectivity index (χ1n) is 6.27. The number of carbonyl (C=O) groups is 2. The van der Waals surface area contributed by atoms with Gasteiger partial charge in [0.25, 0.3) is 5.91 Å². The van der Waals surface area contributed by atoms with E-state index in [1.54, 1.807) is 32.2 Å². The number of hydrogen-bond acceptors (Lipinski definition) is 4. The van der Waals surface area contributed by atoms with Crippen LogP contribution in [-0.2, 0) is 4.79 Å². The van der Waals surface area contributed by atoms with Gasteiger partial charge in [-0.1, -0.05) is 0 Å². The SMILES string of the molecule is CCN1C(=O)N/C(=C\c2cc(Br)c(OC)c(OC)c2)C1=O. The number of imide groups is 1. The monoisotopic (exact) mass is 354 g/mol. The Morgan fingerprint density at radius 3 is 2.52 bits per heavy atom. The summed E-state index contributed by atoms with van der Waals surface area (Å²) >= 11 is 3.38. The molecule has 0 bridgehead atoms. The highest BCUT2D eigenvalue weighted by Crippen LogP contribution is 2.36. The topological polar surface area (TPSA) is 67.9 Å². The maximum atomic E-state index is 12.0. The molecule has 2 rings (SSSR count). The van der Waals surface area contributed by atoms with Gasteiger partial charge in [-0.2, -0.15) is 0 Å². The molecule has 7 heteroatoms. The second-order valence-corrected chi connectivity index (χ2v) is 5.13. The van der Waals surface area contributed by atoms with Crippen molar-refractivity contribution in [1.29, 1.82) is 0 Å². The maximum absolute atomic E-state index is 12.0. The molecule has 1 aliphatic rings. The Balaban J connectivity index is 2.40. The van der Waals surface area contributed by atoms with Gasteiger partial charge in [0, 0.05) is 6.54 Å². The minimum absolute atomic E-state index is 0.237. The van der Waals surface area contributed by atoms with E-state index >= 15 is 0 Å². The Labute approximate surface area is 130 Å². The molecule has 1 heterocycles. The van der Waals surface area contributed by atoms with Gasteiger partial charge in [-0.3, -0.25) is 9.69 Å². The third-order valence-electron chi connectivity index (χ3n) is 3.05. The number of amides is 3. The van der Waals surface area contributed by atoms with Gasteiger partial charge in [-0.15, -0.1) is 0 Å². The molecule has 6 nitrogen and oxygen atoms in total. The van der Waals surface area contributed by atoms with E-state index in [2.05, 4.69) is 21.2 Å². The molecule has 112 valence electrons. The molecule has 1 fully saturated rings. The highest BCUT2D eigenvalue weighted by molar-refractivity contribution is 9.10. The van der Waals surface area contributed by atoms with Gasteiger partial charge in [0.2, 0.25) is 0 Å². The summed E-state index contributed by atoms with van der Waals surface area (Å²) < 4.78 is 11.2. The molecule has 0 unspecified atom stereocenters. The van der Waals surface area contributed by atoms with Crippen molar-refractivity contribution in [2.75, 3.05) is 20.8 Å². The third kappa shape index (κ3) is 2.87. The van der Waals surface area contributed by atoms with Gasteiger partial charge in [0.1, 0.15) is 5.70 Å². The zero-order valence-corrected chi connectivity index (χ0v) is 13.5. The van der Waals surface area contributed by atoms with E-state index in [0.717, 1.165) is 4.90 Å². The van der Waals surface area contributed by atoms with Crippen LogP contribution in [0.3, 0.4) is 0 Å². The smallest absolute Gasteiger partial charge is 0.328 e. The summed E-state index contributed by atoms with van der Waals surface area (Å²) in [7, 11) is 3.07. The highest BCUT2D eigenvalue weighted by Gasteiger charge is 2.32. The number of nitrogens with one attached hydrogen (secondary N) is 1. The second-order valence-electron chi connectivity index (χ2n) is 4.28. The first-order valence-corrected chi connectivity index (χ1v) is 7.07. The molecular formula is C14H15BrN2O4. The number of benzene rings is 1. The van der Waals surface area contributed by atoms with Gasteiger partial charge in [0.05, 0.1) is 18.7 Å². The fourth-order valence-corrected chi connectivity index (χ4v) is 2.67. The molecular weight excluding hydrogens is 340 g/mol. The van der Waals surface area contributed by atoms with Crippen molar-refractivity contribution in [2.24, 2.45) is 0 Å². The normalized spacial score (nSPS) is 16.4. The number of carbonyl (C=O) groups excluding carboxylic acids is 2. The average Bonchev–Trinajstić information content (AvgIpc) is 2.72. The summed E-state index contributed by atoms with van der Waals surface area (Å²) in [5, 5.41) is 2.55. The van der Waals surface area contributed by atoms with Crippen molar-refractivity contribution in [2.45, 2.75) is 6.92 Å². The molecule has 0 radical (unpaired) electrons. The molecule has 0 atom stereocenters. The van der Waals surface area contributed by atoms with Crippen molar-refractivity contribution >= 4 is 33.9 Å². The number of hydrogen-bond donors (Lipinski definition) is 1. The predicted octanol–water partition coefficient (Wildman–Crippen LogP) is 2.38. The highest BCUT2D eigenvalue weighted by atomic mass is 79.9. The molecule has 0 aliphatic carbocycles. The Hall–Kier alpha value is -2.02. The van der Waals surface area contributed by atoms with Gasteiger partial charge >= 0.3 is 6.03 Å². The average molecular weight is 355 g/mol. The van der Waals surface area contributed by atoms with Crippen molar-refractivity contribution < 1.29 is 19.1 Å². The van der Waals surface area contributed by atoms with Crippen molar-refractivity contribution in [1.82, 2.24) is 10.2 Å². The zero-order chi connectivity index (χ0) is 15.6. The van der Waals surface area contributed by atoms with Crippen LogP contribution < -0.4 is 14.8 Å². The molecule has 1 aromatic rings. The van der Waals surface area contributed by atoms with E-state index in [0.29, 0.717) is 28.1 Å². The number of halogens is 1. The fraction of sp³-hybridized carbons (Fsp3) is 0.286. The number of rotatable bonds is 4. The molecule has 1 aromatic carbocycles. The van der Waals surface area contributed by atoms with Crippen LogP contribution in [0.4, 0.5) is 4.79 Å². The van der Waals surface area contributed by atoms with Crippen LogP contribution in [-0.4, -0.2) is 37.6 Å². The number of urea groups is 1. The molecule has 1 aliphatic heterocycles. The van der Waals surface area contributed by atoms with E-state index in [9.17, 15) is 9.59 Å². The van der Waals surface area contributed by atoms with Crippen LogP contribution in [0.25, 0.3) is 6.08 Å². The lowest BCUT2D eigenvalue weighted by atomic mass is 10.1. The van der Waals surface area contributed by atoms with Crippen LogP contribution in [0, 0.1) is 0 Å². The second kappa shape index (κ2) is 6.17. The van der Waals surface area contributed by atoms with Crippen molar-refractivity contribution in [3.63, 3.8) is 0 Å². The van der Waals surface area contributed by atoms with Gasteiger partial charge < -0.3 is 14.8 Å². The van der Waals surface area contributed by atoms with E-state index in [1.807, 2.05) is 0 Å². The molecule has 0 saturated carbocycles. The summed E-state index contributed by atoms with van der Waals surface area (Å²) in [5.41, 5.74) is 0.946. The summed E-state index contributed by atoms with van der Waals surface area (Å²) in [5.74, 6) is 0.757. The molecule has 1 saturated heterocycles. The zero-order valence-electron chi connectivity index (χ0n) is 11.9. The minimum Gasteiger partial charge on any atom is -0.493 e. The summed E-state index contributed by atoms with van der Waals surface area (Å²) in [6.07, 6.45) is 1.60. The third-order valence-corrected chi connectivity index (χ3v) is 3.63. The predicted molar refractivity (Wildman–Crippen MR) is 81.1 cm³/mol. The molecule has 0 spiro atoms. The lowest BCUT2D eigenvalue weighted by Crippen LogP contribution is -2.30. The lowest BCUT2D eigenvalue weighted by Gasteiger charge is -2.10. The first-order chi connectivity index (χ1) is 10.0. The summed E-state index contributed by atoms with van der Waals surface area (Å²) in [4.78, 5) is 24.8. The molecule has 3 amide bonds. The van der Waals surface area contributed by atoms with Gasteiger partial charge in [-0.25, -0.2) is 4.79 Å². The fourth-order valence-electron chi connectivity index (χ4n) is 2.05. The van der Waals surface area contributed by atoms with Crippen LogP contribution in [0.2, 0.25) is 0 Å². The molecule has 0 aromatic heterocycles. The lowest BCUT2D eigenvalue weighted by molar-refractivity contribution is -0.122. The van der Waals surface area contributed by atoms with Crippen molar-refractivity contribution in [3.05, 3.63) is 27.9 Å². The van der Waals surface area contributed by atoms with Gasteiger partial charge in [-0.05, 0) is 46.6 Å². The van der Waals surface area contributed by atoms with Crippen LogP contribution >= 0.6 is 15.9 Å². The van der Waals surface area contributed by atoms with Gasteiger partial charge in [0.15, 0.2) is 11.5 Å². The van der Waals surface area contributed by atoms with E-state index in [4.69, 9.17) is 9.47 Å². The minimum atomic E-state index is -0.409. The quantitative estimate of drug-likeness (QED) is 0.665. The largest absolute Gasteiger partial charge is 0.493 e. The first kappa shape index (κ1) is 15.4. The number of likely N-dealkylation sites (N-methyl/N-ethyl adjacent to an activating group) is 1. The maximum Gasteiger partial charge on any atom is 0.328 e. The molecule has 1 N–H and O–H groups in total. The number of methoxy groups -OCH3 is 2. The van der Waals surface area contributed by atoms with E-state index < -0.39 is 6.03 Å². The van der Waals surface area contributed by atoms with E-state index in [1.165, 1.54) is 7.11 Å². The summed E-state index contributed by atoms with van der Waals surface area (Å²) in [6, 6.07) is 3.10. The van der Waals surface area contributed by atoms with E-state index in [-0.39, 0.29) is 11.6 Å². The van der Waals surface area contributed by atoms with Crippen LogP contribution in [0.1, 0.15) is 12.5 Å². The van der Waals surface area contributed by atoms with Crippen LogP contribution in [0.15, 0.2) is 22.3 Å². The summed E-state index contributed by atoms with van der Waals surface area (Å²) in [6.45, 7) is 2.07. The van der Waals surface area contributed by atoms with Crippen LogP contribution in [0.5, 0.6) is 11.5 Å². The Morgan fingerprint density at radius 2 is 2.00 bits per heavy atom. The number of nitrogens with zero attached hydrogens (tertiary/aromatic N) is 1. The molecule has 21 heavy (non-hydrogen) atoms. The Kier molecular flexibility index (Phi) is 4.52. The van der Waals surface area contributed by atoms with Crippen molar-refractivity contribution in [3.8, 4) is 11.5 Å².